The Bertz CT molecular complexity index is 1130. The van der Waals surface area contributed by atoms with Gasteiger partial charge in [-0.05, 0) is 31.9 Å². The summed E-state index contributed by atoms with van der Waals surface area (Å²) in [5, 5.41) is 16.1. The summed E-state index contributed by atoms with van der Waals surface area (Å²) in [7, 11) is 1.83. The minimum atomic E-state index is -0.177. The molecule has 0 unspecified atom stereocenters. The van der Waals surface area contributed by atoms with Crippen LogP contribution in [0.15, 0.2) is 41.4 Å². The van der Waals surface area contributed by atoms with Crippen molar-refractivity contribution in [3.8, 4) is 11.3 Å². The molecule has 0 fully saturated rings. The number of carbonyl (C=O) groups excluding carboxylic acids is 1. The van der Waals surface area contributed by atoms with Gasteiger partial charge in [0, 0.05) is 37.7 Å². The van der Waals surface area contributed by atoms with E-state index in [0.29, 0.717) is 34.6 Å². The van der Waals surface area contributed by atoms with Crippen molar-refractivity contribution in [1.82, 2.24) is 35.0 Å². The third kappa shape index (κ3) is 3.75. The van der Waals surface area contributed by atoms with Crippen LogP contribution in [0, 0.1) is 6.92 Å². The molecule has 4 rings (SSSR count). The molecule has 0 aromatic carbocycles. The standard InChI is InChI=1S/C20H23N7O2/c1-4-15(27-9-5-7-22-27)6-8-21-19(28)16-10-17(14-11-23-26(3)12-14)24-20-18(16)13(2)25-29-20/h5,7,9-12,15H,4,6,8H2,1-3H3,(H,21,28)/t15-/m1/s1. The molecule has 29 heavy (non-hydrogen) atoms. The molecule has 9 heteroatoms. The Morgan fingerprint density at radius 3 is 2.90 bits per heavy atom. The second kappa shape index (κ2) is 7.86. The number of fused-ring (bicyclic) bond motifs is 1. The zero-order valence-electron chi connectivity index (χ0n) is 16.7. The monoisotopic (exact) mass is 393 g/mol. The highest BCUT2D eigenvalue weighted by Crippen LogP contribution is 2.26. The summed E-state index contributed by atoms with van der Waals surface area (Å²) in [4.78, 5) is 17.5. The minimum absolute atomic E-state index is 0.177. The zero-order valence-corrected chi connectivity index (χ0v) is 16.7. The molecule has 9 nitrogen and oxygen atoms in total. The van der Waals surface area contributed by atoms with Crippen LogP contribution < -0.4 is 5.32 Å². The highest BCUT2D eigenvalue weighted by Gasteiger charge is 2.20. The van der Waals surface area contributed by atoms with Gasteiger partial charge in [-0.1, -0.05) is 12.1 Å². The number of hydrogen-bond donors (Lipinski definition) is 1. The van der Waals surface area contributed by atoms with Gasteiger partial charge in [-0.2, -0.15) is 10.2 Å². The van der Waals surface area contributed by atoms with E-state index in [1.165, 1.54) is 0 Å². The molecule has 0 saturated carbocycles. The molecular formula is C20H23N7O2. The van der Waals surface area contributed by atoms with Crippen molar-refractivity contribution in [3.63, 3.8) is 0 Å². The van der Waals surface area contributed by atoms with E-state index in [2.05, 4.69) is 32.6 Å². The van der Waals surface area contributed by atoms with E-state index < -0.39 is 0 Å². The lowest BCUT2D eigenvalue weighted by molar-refractivity contribution is 0.0952. The summed E-state index contributed by atoms with van der Waals surface area (Å²) >= 11 is 0. The maximum Gasteiger partial charge on any atom is 0.259 e. The first-order valence-electron chi connectivity index (χ1n) is 9.60. The van der Waals surface area contributed by atoms with Gasteiger partial charge in [-0.3, -0.25) is 14.2 Å². The Kier molecular flexibility index (Phi) is 5.11. The number of nitrogens with zero attached hydrogens (tertiary/aromatic N) is 6. The molecule has 4 aromatic rings. The first-order valence-corrected chi connectivity index (χ1v) is 9.60. The number of carbonyl (C=O) groups is 1. The van der Waals surface area contributed by atoms with Crippen LogP contribution in [0.25, 0.3) is 22.4 Å². The molecule has 0 aliphatic carbocycles. The van der Waals surface area contributed by atoms with Crippen molar-refractivity contribution >= 4 is 17.0 Å². The van der Waals surface area contributed by atoms with Crippen molar-refractivity contribution in [2.24, 2.45) is 7.05 Å². The number of pyridine rings is 1. The van der Waals surface area contributed by atoms with Gasteiger partial charge in [0.2, 0.25) is 0 Å². The number of nitrogens with one attached hydrogen (secondary N) is 1. The summed E-state index contributed by atoms with van der Waals surface area (Å²) in [6.45, 7) is 4.45. The molecule has 150 valence electrons. The lowest BCUT2D eigenvalue weighted by Crippen LogP contribution is -2.27. The molecule has 0 saturated heterocycles. The second-order valence-corrected chi connectivity index (χ2v) is 7.00. The fourth-order valence-corrected chi connectivity index (χ4v) is 3.44. The Balaban J connectivity index is 1.57. The van der Waals surface area contributed by atoms with E-state index in [9.17, 15) is 4.79 Å². The van der Waals surface area contributed by atoms with Crippen LogP contribution in [0.1, 0.15) is 41.9 Å². The summed E-state index contributed by atoms with van der Waals surface area (Å²) < 4.78 is 8.96. The molecule has 0 aliphatic heterocycles. The second-order valence-electron chi connectivity index (χ2n) is 7.00. The van der Waals surface area contributed by atoms with Gasteiger partial charge in [0.25, 0.3) is 11.6 Å². The van der Waals surface area contributed by atoms with Crippen molar-refractivity contribution in [2.45, 2.75) is 32.7 Å². The quantitative estimate of drug-likeness (QED) is 0.518. The van der Waals surface area contributed by atoms with Crippen LogP contribution in [0.3, 0.4) is 0 Å². The highest BCUT2D eigenvalue weighted by atomic mass is 16.5. The van der Waals surface area contributed by atoms with Crippen molar-refractivity contribution in [1.29, 1.82) is 0 Å². The smallest absolute Gasteiger partial charge is 0.259 e. The number of amides is 1. The number of aryl methyl sites for hydroxylation is 2. The van der Waals surface area contributed by atoms with Crippen LogP contribution in [-0.4, -0.2) is 42.2 Å². The van der Waals surface area contributed by atoms with Gasteiger partial charge in [0.1, 0.15) is 0 Å². The third-order valence-corrected chi connectivity index (χ3v) is 5.00. The van der Waals surface area contributed by atoms with E-state index in [4.69, 9.17) is 4.52 Å². The molecular weight excluding hydrogens is 370 g/mol. The van der Waals surface area contributed by atoms with Crippen molar-refractivity contribution < 1.29 is 9.32 Å². The van der Waals surface area contributed by atoms with Crippen LogP contribution in [0.4, 0.5) is 0 Å². The Morgan fingerprint density at radius 1 is 1.34 bits per heavy atom. The van der Waals surface area contributed by atoms with E-state index in [1.807, 2.05) is 30.2 Å². The average Bonchev–Trinajstić information content (AvgIpc) is 3.46. The average molecular weight is 393 g/mol. The molecule has 1 amide bonds. The van der Waals surface area contributed by atoms with E-state index in [-0.39, 0.29) is 11.9 Å². The SMILES string of the molecule is CC[C@H](CCNC(=O)c1cc(-c2cnn(C)c2)nc2onc(C)c12)n1cccn1. The zero-order chi connectivity index (χ0) is 20.4. The third-order valence-electron chi connectivity index (χ3n) is 5.00. The minimum Gasteiger partial charge on any atom is -0.352 e. The van der Waals surface area contributed by atoms with Crippen LogP contribution in [0.5, 0.6) is 0 Å². The van der Waals surface area contributed by atoms with Gasteiger partial charge >= 0.3 is 0 Å². The lowest BCUT2D eigenvalue weighted by Gasteiger charge is -2.16. The van der Waals surface area contributed by atoms with Crippen molar-refractivity contribution in [3.05, 3.63) is 48.2 Å². The molecule has 0 radical (unpaired) electrons. The first kappa shape index (κ1) is 18.9. The van der Waals surface area contributed by atoms with Gasteiger partial charge in [-0.15, -0.1) is 0 Å². The normalized spacial score (nSPS) is 12.4. The Morgan fingerprint density at radius 2 is 2.21 bits per heavy atom. The Labute approximate surface area is 167 Å². The topological polar surface area (TPSA) is 104 Å². The van der Waals surface area contributed by atoms with Crippen molar-refractivity contribution in [2.75, 3.05) is 6.54 Å². The predicted molar refractivity (Wildman–Crippen MR) is 107 cm³/mol. The molecule has 0 bridgehead atoms. The van der Waals surface area contributed by atoms with Crippen LogP contribution >= 0.6 is 0 Å². The van der Waals surface area contributed by atoms with E-state index in [1.54, 1.807) is 30.1 Å². The fraction of sp³-hybridized carbons (Fsp3) is 0.350. The maximum atomic E-state index is 13.0. The molecule has 1 N–H and O–H groups in total. The fourth-order valence-electron chi connectivity index (χ4n) is 3.44. The van der Waals surface area contributed by atoms with Gasteiger partial charge < -0.3 is 9.84 Å². The number of hydrogen-bond acceptors (Lipinski definition) is 6. The number of rotatable bonds is 7. The van der Waals surface area contributed by atoms with Gasteiger partial charge in [-0.25, -0.2) is 4.98 Å². The summed E-state index contributed by atoms with van der Waals surface area (Å²) in [5.41, 5.74) is 2.91. The number of aromatic nitrogens is 6. The molecule has 4 aromatic heterocycles. The summed E-state index contributed by atoms with van der Waals surface area (Å²) in [5.74, 6) is -0.177. The van der Waals surface area contributed by atoms with Gasteiger partial charge in [0.05, 0.1) is 34.6 Å². The van der Waals surface area contributed by atoms with Crippen LogP contribution in [-0.2, 0) is 7.05 Å². The highest BCUT2D eigenvalue weighted by molar-refractivity contribution is 6.06. The van der Waals surface area contributed by atoms with Crippen LogP contribution in [0.2, 0.25) is 0 Å². The molecule has 1 atom stereocenters. The Hall–Kier alpha value is -3.49. The van der Waals surface area contributed by atoms with Gasteiger partial charge in [0.15, 0.2) is 0 Å². The summed E-state index contributed by atoms with van der Waals surface area (Å²) in [6.07, 6.45) is 8.99. The molecule has 0 spiro atoms. The molecule has 0 aliphatic rings. The van der Waals surface area contributed by atoms with E-state index >= 15 is 0 Å². The summed E-state index contributed by atoms with van der Waals surface area (Å²) in [6, 6.07) is 3.92. The largest absolute Gasteiger partial charge is 0.352 e. The predicted octanol–water partition coefficient (Wildman–Crippen LogP) is 2.90. The molecule has 4 heterocycles. The van der Waals surface area contributed by atoms with E-state index in [0.717, 1.165) is 18.4 Å². The lowest BCUT2D eigenvalue weighted by atomic mass is 10.1. The first-order chi connectivity index (χ1) is 14.1. The maximum absolute atomic E-state index is 13.0.